The molecule has 16 heavy (non-hydrogen) atoms. The third-order valence-corrected chi connectivity index (χ3v) is 2.93. The number of nitrogens with zero attached hydrogens (tertiary/aromatic N) is 1. The summed E-state index contributed by atoms with van der Waals surface area (Å²) in [6, 6.07) is -0.307. The summed E-state index contributed by atoms with van der Waals surface area (Å²) < 4.78 is 42.5. The summed E-state index contributed by atoms with van der Waals surface area (Å²) in [7, 11) is 0. The van der Waals surface area contributed by atoms with Gasteiger partial charge in [-0.3, -0.25) is 4.90 Å². The van der Waals surface area contributed by atoms with Gasteiger partial charge in [0.05, 0.1) is 6.54 Å². The minimum atomic E-state index is -4.16. The van der Waals surface area contributed by atoms with E-state index in [1.54, 1.807) is 6.92 Å². The molecule has 1 aliphatic heterocycles. The quantitative estimate of drug-likeness (QED) is 0.806. The Morgan fingerprint density at radius 3 is 2.38 bits per heavy atom. The van der Waals surface area contributed by atoms with Crippen molar-refractivity contribution in [2.24, 2.45) is 5.73 Å². The van der Waals surface area contributed by atoms with Crippen molar-refractivity contribution in [3.05, 3.63) is 0 Å². The van der Waals surface area contributed by atoms with Crippen LogP contribution in [0.4, 0.5) is 13.2 Å². The highest BCUT2D eigenvalue weighted by molar-refractivity contribution is 4.81. The van der Waals surface area contributed by atoms with E-state index < -0.39 is 12.7 Å². The molecular weight excluding hydrogens is 221 g/mol. The van der Waals surface area contributed by atoms with E-state index >= 15 is 0 Å². The summed E-state index contributed by atoms with van der Waals surface area (Å²) in [5.74, 6) is 0. The van der Waals surface area contributed by atoms with Crippen LogP contribution in [0.15, 0.2) is 0 Å². The van der Waals surface area contributed by atoms with Gasteiger partial charge in [0.1, 0.15) is 0 Å². The molecule has 0 radical (unpaired) electrons. The number of nitrogens with two attached hydrogens (primary N) is 1. The van der Waals surface area contributed by atoms with Crippen molar-refractivity contribution in [1.29, 1.82) is 0 Å². The van der Waals surface area contributed by atoms with Gasteiger partial charge in [-0.2, -0.15) is 13.2 Å². The second-order valence-electron chi connectivity index (χ2n) is 4.22. The fraction of sp³-hybridized carbons (Fsp3) is 1.00. The highest BCUT2D eigenvalue weighted by Gasteiger charge is 2.36. The molecule has 1 aliphatic rings. The van der Waals surface area contributed by atoms with Crippen LogP contribution >= 0.6 is 0 Å². The molecule has 0 aliphatic carbocycles. The number of hydrogen-bond acceptors (Lipinski definition) is 3. The van der Waals surface area contributed by atoms with Crippen molar-refractivity contribution in [1.82, 2.24) is 4.90 Å². The number of rotatable bonds is 4. The van der Waals surface area contributed by atoms with E-state index in [1.807, 2.05) is 0 Å². The molecule has 0 aromatic rings. The highest BCUT2D eigenvalue weighted by atomic mass is 19.4. The Bertz CT molecular complexity index is 205. The summed E-state index contributed by atoms with van der Waals surface area (Å²) in [4.78, 5) is 1.46. The average molecular weight is 240 g/mol. The van der Waals surface area contributed by atoms with E-state index in [-0.39, 0.29) is 18.6 Å². The van der Waals surface area contributed by atoms with E-state index in [0.29, 0.717) is 26.1 Å². The smallest absolute Gasteiger partial charge is 0.381 e. The van der Waals surface area contributed by atoms with Crippen LogP contribution in [-0.2, 0) is 4.74 Å². The molecule has 0 amide bonds. The van der Waals surface area contributed by atoms with Gasteiger partial charge in [0.2, 0.25) is 0 Å². The van der Waals surface area contributed by atoms with Gasteiger partial charge in [-0.05, 0) is 19.8 Å². The molecule has 1 atom stereocenters. The Hall–Kier alpha value is -0.330. The molecule has 0 saturated carbocycles. The fourth-order valence-corrected chi connectivity index (χ4v) is 2.00. The SMILES string of the molecule is CC(CN)N(CC(F)(F)F)C1CCOCC1. The maximum atomic E-state index is 12.4. The van der Waals surface area contributed by atoms with Crippen molar-refractivity contribution < 1.29 is 17.9 Å². The molecule has 0 aromatic heterocycles. The maximum Gasteiger partial charge on any atom is 0.401 e. The standard InChI is InChI=1S/C10H19F3N2O/c1-8(6-14)15(7-10(11,12)13)9-2-4-16-5-3-9/h8-9H,2-7,14H2,1H3. The van der Waals surface area contributed by atoms with Crippen LogP contribution < -0.4 is 5.73 Å². The largest absolute Gasteiger partial charge is 0.401 e. The molecule has 2 N–H and O–H groups in total. The van der Waals surface area contributed by atoms with E-state index in [4.69, 9.17) is 10.5 Å². The second kappa shape index (κ2) is 5.84. The van der Waals surface area contributed by atoms with E-state index in [1.165, 1.54) is 4.90 Å². The van der Waals surface area contributed by atoms with Gasteiger partial charge < -0.3 is 10.5 Å². The Kier molecular flexibility index (Phi) is 5.01. The van der Waals surface area contributed by atoms with Crippen molar-refractivity contribution in [3.8, 4) is 0 Å². The zero-order valence-electron chi connectivity index (χ0n) is 9.46. The lowest BCUT2D eigenvalue weighted by Crippen LogP contribution is -2.51. The number of alkyl halides is 3. The molecule has 96 valence electrons. The molecule has 1 fully saturated rings. The lowest BCUT2D eigenvalue weighted by Gasteiger charge is -2.38. The van der Waals surface area contributed by atoms with Crippen LogP contribution in [0.25, 0.3) is 0 Å². The zero-order chi connectivity index (χ0) is 12.2. The van der Waals surface area contributed by atoms with Gasteiger partial charge in [-0.1, -0.05) is 0 Å². The molecule has 1 rings (SSSR count). The van der Waals surface area contributed by atoms with Crippen LogP contribution in [0.5, 0.6) is 0 Å². The van der Waals surface area contributed by atoms with E-state index in [9.17, 15) is 13.2 Å². The minimum absolute atomic E-state index is 0.0612. The third-order valence-electron chi connectivity index (χ3n) is 2.93. The molecular formula is C10H19F3N2O. The van der Waals surface area contributed by atoms with E-state index in [2.05, 4.69) is 0 Å². The van der Waals surface area contributed by atoms with Crippen molar-refractivity contribution in [2.45, 2.75) is 38.0 Å². The highest BCUT2D eigenvalue weighted by Crippen LogP contribution is 2.23. The van der Waals surface area contributed by atoms with Gasteiger partial charge >= 0.3 is 6.18 Å². The first-order chi connectivity index (χ1) is 7.44. The minimum Gasteiger partial charge on any atom is -0.381 e. The van der Waals surface area contributed by atoms with Gasteiger partial charge in [0.15, 0.2) is 0 Å². The summed E-state index contributed by atoms with van der Waals surface area (Å²) >= 11 is 0. The predicted molar refractivity (Wildman–Crippen MR) is 55.1 cm³/mol. The lowest BCUT2D eigenvalue weighted by molar-refractivity contribution is -0.159. The molecule has 0 spiro atoms. The zero-order valence-corrected chi connectivity index (χ0v) is 9.46. The Morgan fingerprint density at radius 2 is 1.94 bits per heavy atom. The van der Waals surface area contributed by atoms with Crippen LogP contribution in [0, 0.1) is 0 Å². The van der Waals surface area contributed by atoms with Gasteiger partial charge in [-0.15, -0.1) is 0 Å². The average Bonchev–Trinajstić information content (AvgIpc) is 2.25. The molecule has 1 saturated heterocycles. The molecule has 1 heterocycles. The Morgan fingerprint density at radius 1 is 1.38 bits per heavy atom. The second-order valence-corrected chi connectivity index (χ2v) is 4.22. The predicted octanol–water partition coefficient (Wildman–Crippen LogP) is 1.38. The summed E-state index contributed by atoms with van der Waals surface area (Å²) in [6.45, 7) is 2.18. The first kappa shape index (κ1) is 13.7. The monoisotopic (exact) mass is 240 g/mol. The summed E-state index contributed by atoms with van der Waals surface area (Å²) in [6.07, 6.45) is -2.86. The fourth-order valence-electron chi connectivity index (χ4n) is 2.00. The molecule has 6 heteroatoms. The normalized spacial score (nSPS) is 21.4. The van der Waals surface area contributed by atoms with Gasteiger partial charge in [-0.25, -0.2) is 0 Å². The molecule has 1 unspecified atom stereocenters. The van der Waals surface area contributed by atoms with Gasteiger partial charge in [0, 0.05) is 31.8 Å². The van der Waals surface area contributed by atoms with E-state index in [0.717, 1.165) is 0 Å². The first-order valence-corrected chi connectivity index (χ1v) is 5.54. The third kappa shape index (κ3) is 4.27. The summed E-state index contributed by atoms with van der Waals surface area (Å²) in [5, 5.41) is 0. The van der Waals surface area contributed by atoms with Crippen LogP contribution in [0.2, 0.25) is 0 Å². The maximum absolute atomic E-state index is 12.4. The van der Waals surface area contributed by atoms with Crippen molar-refractivity contribution in [3.63, 3.8) is 0 Å². The molecule has 0 bridgehead atoms. The van der Waals surface area contributed by atoms with Crippen LogP contribution in [0.1, 0.15) is 19.8 Å². The first-order valence-electron chi connectivity index (χ1n) is 5.54. The molecule has 0 aromatic carbocycles. The Labute approximate surface area is 93.7 Å². The number of hydrogen-bond donors (Lipinski definition) is 1. The van der Waals surface area contributed by atoms with Crippen LogP contribution in [-0.4, -0.2) is 49.5 Å². The topological polar surface area (TPSA) is 38.5 Å². The summed E-state index contributed by atoms with van der Waals surface area (Å²) in [5.41, 5.74) is 5.46. The van der Waals surface area contributed by atoms with Crippen LogP contribution in [0.3, 0.4) is 0 Å². The Balaban J connectivity index is 2.61. The number of halogens is 3. The number of ether oxygens (including phenoxy) is 1. The molecule has 3 nitrogen and oxygen atoms in total. The lowest BCUT2D eigenvalue weighted by atomic mass is 10.0. The van der Waals surface area contributed by atoms with Crippen molar-refractivity contribution in [2.75, 3.05) is 26.3 Å². The van der Waals surface area contributed by atoms with Gasteiger partial charge in [0.25, 0.3) is 0 Å². The van der Waals surface area contributed by atoms with Crippen molar-refractivity contribution >= 4 is 0 Å².